The summed E-state index contributed by atoms with van der Waals surface area (Å²) < 4.78 is 22.0. The van der Waals surface area contributed by atoms with E-state index in [4.69, 9.17) is 18.9 Å². The van der Waals surface area contributed by atoms with Crippen LogP contribution in [0.3, 0.4) is 0 Å². The van der Waals surface area contributed by atoms with E-state index in [-0.39, 0.29) is 37.6 Å². The number of fused-ring (bicyclic) bond motifs is 2. The lowest BCUT2D eigenvalue weighted by molar-refractivity contribution is 0.0869. The van der Waals surface area contributed by atoms with Gasteiger partial charge in [0, 0.05) is 12.1 Å². The number of ketones is 1. The SMILES string of the molecule is Cl.O=C(CNCC1COc2ccccc2O1)c1ccc2c(c1)OCO2. The maximum absolute atomic E-state index is 12.3. The first-order chi connectivity index (χ1) is 11.8. The van der Waals surface area contributed by atoms with Crippen molar-refractivity contribution in [2.75, 3.05) is 26.5 Å². The summed E-state index contributed by atoms with van der Waals surface area (Å²) >= 11 is 0. The molecular weight excluding hydrogens is 346 g/mol. The molecule has 6 nitrogen and oxygen atoms in total. The Morgan fingerprint density at radius 2 is 1.76 bits per heavy atom. The molecule has 1 unspecified atom stereocenters. The molecule has 132 valence electrons. The number of carbonyl (C=O) groups excluding carboxylic acids is 1. The minimum atomic E-state index is -0.121. The molecule has 0 spiro atoms. The lowest BCUT2D eigenvalue weighted by Crippen LogP contribution is -2.40. The normalized spacial score (nSPS) is 16.9. The minimum Gasteiger partial charge on any atom is -0.486 e. The van der Waals surface area contributed by atoms with Gasteiger partial charge < -0.3 is 24.3 Å². The van der Waals surface area contributed by atoms with Crippen LogP contribution in [0.2, 0.25) is 0 Å². The van der Waals surface area contributed by atoms with E-state index in [9.17, 15) is 4.79 Å². The molecule has 0 saturated heterocycles. The molecule has 2 aliphatic heterocycles. The summed E-state index contributed by atoms with van der Waals surface area (Å²) in [7, 11) is 0. The highest BCUT2D eigenvalue weighted by atomic mass is 35.5. The molecular formula is C18H18ClNO5. The van der Waals surface area contributed by atoms with Gasteiger partial charge in [-0.15, -0.1) is 12.4 Å². The minimum absolute atomic E-state index is 0. The fourth-order valence-electron chi connectivity index (χ4n) is 2.68. The second kappa shape index (κ2) is 7.63. The standard InChI is InChI=1S/C18H17NO5.ClH/c20-14(12-5-6-16-18(7-12)23-11-22-16)9-19-8-13-10-21-15-3-1-2-4-17(15)24-13;/h1-7,13,19H,8-11H2;1H. The molecule has 0 saturated carbocycles. The Balaban J connectivity index is 0.00000182. The predicted octanol–water partition coefficient (Wildman–Crippen LogP) is 2.45. The molecule has 7 heteroatoms. The van der Waals surface area contributed by atoms with Crippen LogP contribution in [0.5, 0.6) is 23.0 Å². The molecule has 2 aromatic carbocycles. The van der Waals surface area contributed by atoms with Gasteiger partial charge in [0.15, 0.2) is 28.8 Å². The van der Waals surface area contributed by atoms with Crippen molar-refractivity contribution in [1.29, 1.82) is 0 Å². The second-order valence-electron chi connectivity index (χ2n) is 5.62. The molecule has 0 radical (unpaired) electrons. The van der Waals surface area contributed by atoms with Crippen LogP contribution in [0.4, 0.5) is 0 Å². The fraction of sp³-hybridized carbons (Fsp3) is 0.278. The number of nitrogens with one attached hydrogen (secondary N) is 1. The van der Waals surface area contributed by atoms with Crippen molar-refractivity contribution in [3.8, 4) is 23.0 Å². The van der Waals surface area contributed by atoms with Gasteiger partial charge in [-0.25, -0.2) is 0 Å². The van der Waals surface area contributed by atoms with Crippen molar-refractivity contribution < 1.29 is 23.7 Å². The molecule has 25 heavy (non-hydrogen) atoms. The number of rotatable bonds is 5. The zero-order valence-corrected chi connectivity index (χ0v) is 14.2. The smallest absolute Gasteiger partial charge is 0.231 e. The molecule has 0 aromatic heterocycles. The Labute approximate surface area is 151 Å². The van der Waals surface area contributed by atoms with E-state index in [1.807, 2.05) is 24.3 Å². The van der Waals surface area contributed by atoms with E-state index >= 15 is 0 Å². The van der Waals surface area contributed by atoms with Crippen LogP contribution in [0.1, 0.15) is 10.4 Å². The van der Waals surface area contributed by atoms with Gasteiger partial charge in [0.25, 0.3) is 0 Å². The summed E-state index contributed by atoms with van der Waals surface area (Å²) in [6.45, 7) is 1.42. The fourth-order valence-corrected chi connectivity index (χ4v) is 2.68. The van der Waals surface area contributed by atoms with Crippen LogP contribution in [0.25, 0.3) is 0 Å². The molecule has 4 rings (SSSR count). The van der Waals surface area contributed by atoms with Crippen molar-refractivity contribution in [2.45, 2.75) is 6.10 Å². The van der Waals surface area contributed by atoms with Gasteiger partial charge in [-0.2, -0.15) is 0 Å². The zero-order valence-electron chi connectivity index (χ0n) is 13.4. The maximum Gasteiger partial charge on any atom is 0.231 e. The van der Waals surface area contributed by atoms with Crippen LogP contribution in [-0.4, -0.2) is 38.4 Å². The molecule has 1 atom stereocenters. The number of Topliss-reactive ketones (excluding diaryl/α,β-unsaturated/α-hetero) is 1. The van der Waals surface area contributed by atoms with Crippen molar-refractivity contribution in [2.24, 2.45) is 0 Å². The molecule has 0 bridgehead atoms. The van der Waals surface area contributed by atoms with Gasteiger partial charge in [0.1, 0.15) is 12.7 Å². The lowest BCUT2D eigenvalue weighted by Gasteiger charge is -2.26. The van der Waals surface area contributed by atoms with Crippen molar-refractivity contribution in [3.63, 3.8) is 0 Å². The maximum atomic E-state index is 12.3. The number of halogens is 1. The number of ether oxygens (including phenoxy) is 4. The van der Waals surface area contributed by atoms with Crippen molar-refractivity contribution >= 4 is 18.2 Å². The molecule has 0 amide bonds. The van der Waals surface area contributed by atoms with Crippen LogP contribution in [-0.2, 0) is 0 Å². The van der Waals surface area contributed by atoms with Crippen LogP contribution < -0.4 is 24.3 Å². The first-order valence-electron chi connectivity index (χ1n) is 7.81. The number of hydrogen-bond donors (Lipinski definition) is 1. The van der Waals surface area contributed by atoms with E-state index < -0.39 is 0 Å². The molecule has 2 heterocycles. The van der Waals surface area contributed by atoms with E-state index in [2.05, 4.69) is 5.32 Å². The summed E-state index contributed by atoms with van der Waals surface area (Å²) in [4.78, 5) is 12.3. The van der Waals surface area contributed by atoms with Gasteiger partial charge in [-0.3, -0.25) is 4.79 Å². The summed E-state index contributed by atoms with van der Waals surface area (Å²) in [6, 6.07) is 12.8. The number of hydrogen-bond acceptors (Lipinski definition) is 6. The van der Waals surface area contributed by atoms with Gasteiger partial charge in [-0.1, -0.05) is 12.1 Å². The van der Waals surface area contributed by atoms with Crippen molar-refractivity contribution in [1.82, 2.24) is 5.32 Å². The Bertz CT molecular complexity index is 767. The number of benzene rings is 2. The average Bonchev–Trinajstić information content (AvgIpc) is 3.09. The van der Waals surface area contributed by atoms with Crippen LogP contribution in [0.15, 0.2) is 42.5 Å². The van der Waals surface area contributed by atoms with Crippen LogP contribution >= 0.6 is 12.4 Å². The third kappa shape index (κ3) is 3.81. The number of carbonyl (C=O) groups is 1. The summed E-state index contributed by atoms with van der Waals surface area (Å²) in [5.41, 5.74) is 0.595. The third-order valence-electron chi connectivity index (χ3n) is 3.92. The highest BCUT2D eigenvalue weighted by molar-refractivity contribution is 5.98. The molecule has 1 N–H and O–H groups in total. The van der Waals surface area contributed by atoms with Crippen molar-refractivity contribution in [3.05, 3.63) is 48.0 Å². The molecule has 2 aromatic rings. The Morgan fingerprint density at radius 1 is 1.00 bits per heavy atom. The van der Waals surface area contributed by atoms with Gasteiger partial charge in [0.2, 0.25) is 6.79 Å². The summed E-state index contributed by atoms with van der Waals surface area (Å²) in [5, 5.41) is 3.13. The monoisotopic (exact) mass is 363 g/mol. The van der Waals surface area contributed by atoms with Gasteiger partial charge in [-0.05, 0) is 30.3 Å². The highest BCUT2D eigenvalue weighted by Gasteiger charge is 2.21. The molecule has 0 fully saturated rings. The van der Waals surface area contributed by atoms with E-state index in [0.29, 0.717) is 30.2 Å². The second-order valence-corrected chi connectivity index (χ2v) is 5.62. The van der Waals surface area contributed by atoms with E-state index in [1.54, 1.807) is 18.2 Å². The van der Waals surface area contributed by atoms with E-state index in [0.717, 1.165) is 11.5 Å². The largest absolute Gasteiger partial charge is 0.486 e. The Kier molecular flexibility index (Phi) is 5.31. The predicted molar refractivity (Wildman–Crippen MR) is 93.4 cm³/mol. The van der Waals surface area contributed by atoms with E-state index in [1.165, 1.54) is 0 Å². The first-order valence-corrected chi connectivity index (χ1v) is 7.81. The summed E-state index contributed by atoms with van der Waals surface area (Å²) in [5.74, 6) is 2.76. The third-order valence-corrected chi connectivity index (χ3v) is 3.92. The molecule has 2 aliphatic rings. The number of para-hydroxylation sites is 2. The van der Waals surface area contributed by atoms with Gasteiger partial charge in [0.05, 0.1) is 6.54 Å². The summed E-state index contributed by atoms with van der Waals surface area (Å²) in [6.07, 6.45) is -0.121. The molecule has 0 aliphatic carbocycles. The highest BCUT2D eigenvalue weighted by Crippen LogP contribution is 2.32. The lowest BCUT2D eigenvalue weighted by atomic mass is 10.1. The van der Waals surface area contributed by atoms with Gasteiger partial charge >= 0.3 is 0 Å². The Morgan fingerprint density at radius 3 is 2.64 bits per heavy atom. The topological polar surface area (TPSA) is 66.0 Å². The van der Waals surface area contributed by atoms with Crippen LogP contribution in [0, 0.1) is 0 Å². The quantitative estimate of drug-likeness (QED) is 0.823. The zero-order chi connectivity index (χ0) is 16.4. The average molecular weight is 364 g/mol. The first kappa shape index (κ1) is 17.4. The Hall–Kier alpha value is -2.44.